The largest absolute Gasteiger partial charge is 0.490 e. The number of carbonyl (C=O) groups is 1. The Bertz CT molecular complexity index is 655. The van der Waals surface area contributed by atoms with E-state index in [1.54, 1.807) is 29.5 Å². The first kappa shape index (κ1) is 17.3. The van der Waals surface area contributed by atoms with Crippen LogP contribution in [-0.4, -0.2) is 30.6 Å². The number of carbonyl (C=O) groups excluding carboxylic acids is 1. The molecule has 0 saturated carbocycles. The molecule has 1 aromatic heterocycles. The van der Waals surface area contributed by atoms with Gasteiger partial charge in [0, 0.05) is 23.9 Å². The minimum absolute atomic E-state index is 0.124. The average Bonchev–Trinajstić information content (AvgIpc) is 2.95. The monoisotopic (exact) mass is 334 g/mol. The van der Waals surface area contributed by atoms with Crippen LogP contribution in [0.15, 0.2) is 23.6 Å². The van der Waals surface area contributed by atoms with Crippen molar-refractivity contribution in [1.29, 1.82) is 0 Å². The van der Waals surface area contributed by atoms with Crippen molar-refractivity contribution in [1.82, 2.24) is 10.3 Å². The molecule has 5 nitrogen and oxygen atoms in total. The standard InChI is InChI=1S/C17H22N2O3S/c1-4-21-15-7-6-13(10-16(15)22-5-2)17(20)18-9-8-14-11-23-12(3)19-14/h6-7,10-11H,4-5,8-9H2,1-3H3,(H,18,20). The zero-order valence-corrected chi connectivity index (χ0v) is 14.5. The molecule has 1 N–H and O–H groups in total. The quantitative estimate of drug-likeness (QED) is 0.805. The van der Waals surface area contributed by atoms with E-state index in [0.29, 0.717) is 36.8 Å². The van der Waals surface area contributed by atoms with Crippen LogP contribution in [0.2, 0.25) is 0 Å². The van der Waals surface area contributed by atoms with Crippen molar-refractivity contribution in [2.45, 2.75) is 27.2 Å². The highest BCUT2D eigenvalue weighted by molar-refractivity contribution is 7.09. The van der Waals surface area contributed by atoms with Crippen LogP contribution in [-0.2, 0) is 6.42 Å². The van der Waals surface area contributed by atoms with Crippen LogP contribution >= 0.6 is 11.3 Å². The Balaban J connectivity index is 1.96. The number of hydrogen-bond donors (Lipinski definition) is 1. The number of ether oxygens (including phenoxy) is 2. The fourth-order valence-electron chi connectivity index (χ4n) is 2.12. The third-order valence-electron chi connectivity index (χ3n) is 3.14. The topological polar surface area (TPSA) is 60.5 Å². The lowest BCUT2D eigenvalue weighted by Crippen LogP contribution is -2.25. The summed E-state index contributed by atoms with van der Waals surface area (Å²) in [5.74, 6) is 1.13. The zero-order chi connectivity index (χ0) is 16.7. The van der Waals surface area contributed by atoms with Gasteiger partial charge in [-0.15, -0.1) is 11.3 Å². The zero-order valence-electron chi connectivity index (χ0n) is 13.7. The fourth-order valence-corrected chi connectivity index (χ4v) is 2.77. The molecule has 1 heterocycles. The normalized spacial score (nSPS) is 10.4. The highest BCUT2D eigenvalue weighted by Gasteiger charge is 2.11. The molecule has 0 aliphatic carbocycles. The Morgan fingerprint density at radius 1 is 1.22 bits per heavy atom. The van der Waals surface area contributed by atoms with E-state index in [0.717, 1.165) is 17.1 Å². The first-order valence-electron chi connectivity index (χ1n) is 7.72. The first-order chi connectivity index (χ1) is 11.1. The highest BCUT2D eigenvalue weighted by Crippen LogP contribution is 2.28. The lowest BCUT2D eigenvalue weighted by atomic mass is 10.2. The summed E-state index contributed by atoms with van der Waals surface area (Å²) in [4.78, 5) is 16.6. The van der Waals surface area contributed by atoms with Gasteiger partial charge in [0.05, 0.1) is 23.9 Å². The van der Waals surface area contributed by atoms with Gasteiger partial charge in [0.1, 0.15) is 0 Å². The molecule has 0 unspecified atom stereocenters. The first-order valence-corrected chi connectivity index (χ1v) is 8.60. The van der Waals surface area contributed by atoms with Gasteiger partial charge in [0.25, 0.3) is 5.91 Å². The number of aromatic nitrogens is 1. The van der Waals surface area contributed by atoms with E-state index in [-0.39, 0.29) is 5.91 Å². The van der Waals surface area contributed by atoms with E-state index in [4.69, 9.17) is 9.47 Å². The molecule has 1 aromatic carbocycles. The molecular weight excluding hydrogens is 312 g/mol. The fraction of sp³-hybridized carbons (Fsp3) is 0.412. The van der Waals surface area contributed by atoms with Crippen molar-refractivity contribution in [3.8, 4) is 11.5 Å². The summed E-state index contributed by atoms with van der Waals surface area (Å²) < 4.78 is 11.0. The number of amides is 1. The number of aryl methyl sites for hydroxylation is 1. The van der Waals surface area contributed by atoms with Crippen LogP contribution < -0.4 is 14.8 Å². The lowest BCUT2D eigenvalue weighted by Gasteiger charge is -2.12. The van der Waals surface area contributed by atoms with Gasteiger partial charge in [-0.25, -0.2) is 4.98 Å². The van der Waals surface area contributed by atoms with Gasteiger partial charge in [0.15, 0.2) is 11.5 Å². The summed E-state index contributed by atoms with van der Waals surface area (Å²) in [7, 11) is 0. The third-order valence-corrected chi connectivity index (χ3v) is 3.96. The molecule has 0 radical (unpaired) electrons. The molecule has 0 aliphatic rings. The van der Waals surface area contributed by atoms with Gasteiger partial charge < -0.3 is 14.8 Å². The lowest BCUT2D eigenvalue weighted by molar-refractivity contribution is 0.0953. The highest BCUT2D eigenvalue weighted by atomic mass is 32.1. The van der Waals surface area contributed by atoms with E-state index < -0.39 is 0 Å². The van der Waals surface area contributed by atoms with Gasteiger partial charge in [-0.2, -0.15) is 0 Å². The SMILES string of the molecule is CCOc1ccc(C(=O)NCCc2csc(C)n2)cc1OCC. The van der Waals surface area contributed by atoms with Gasteiger partial charge in [-0.3, -0.25) is 4.79 Å². The van der Waals surface area contributed by atoms with Gasteiger partial charge in [-0.05, 0) is 39.0 Å². The summed E-state index contributed by atoms with van der Waals surface area (Å²) in [6.45, 7) is 7.42. The maximum Gasteiger partial charge on any atom is 0.251 e. The summed E-state index contributed by atoms with van der Waals surface area (Å²) in [5.41, 5.74) is 1.57. The molecule has 0 saturated heterocycles. The number of rotatable bonds is 8. The second kappa shape index (κ2) is 8.53. The van der Waals surface area contributed by atoms with Crippen LogP contribution in [0.4, 0.5) is 0 Å². The molecule has 2 aromatic rings. The molecule has 6 heteroatoms. The van der Waals surface area contributed by atoms with E-state index in [1.165, 1.54) is 0 Å². The molecular formula is C17H22N2O3S. The van der Waals surface area contributed by atoms with E-state index in [9.17, 15) is 4.79 Å². The Kier molecular flexibility index (Phi) is 6.40. The average molecular weight is 334 g/mol. The number of benzene rings is 1. The predicted octanol–water partition coefficient (Wildman–Crippen LogP) is 3.22. The van der Waals surface area contributed by atoms with Gasteiger partial charge >= 0.3 is 0 Å². The summed E-state index contributed by atoms with van der Waals surface area (Å²) in [6.07, 6.45) is 0.728. The molecule has 124 valence electrons. The van der Waals surface area contributed by atoms with E-state index in [2.05, 4.69) is 10.3 Å². The second-order valence-corrected chi connectivity index (χ2v) is 5.95. The van der Waals surface area contributed by atoms with Crippen molar-refractivity contribution in [3.63, 3.8) is 0 Å². The van der Waals surface area contributed by atoms with Gasteiger partial charge in [0.2, 0.25) is 0 Å². The molecule has 2 rings (SSSR count). The van der Waals surface area contributed by atoms with E-state index in [1.807, 2.05) is 26.2 Å². The van der Waals surface area contributed by atoms with Crippen LogP contribution in [0.3, 0.4) is 0 Å². The Labute approximate surface area is 140 Å². The number of nitrogens with one attached hydrogen (secondary N) is 1. The van der Waals surface area contributed by atoms with Crippen molar-refractivity contribution >= 4 is 17.2 Å². The Morgan fingerprint density at radius 2 is 1.96 bits per heavy atom. The summed E-state index contributed by atoms with van der Waals surface area (Å²) in [6, 6.07) is 5.24. The molecule has 0 atom stereocenters. The van der Waals surface area contributed by atoms with Crippen molar-refractivity contribution in [2.24, 2.45) is 0 Å². The third kappa shape index (κ3) is 4.96. The van der Waals surface area contributed by atoms with Crippen LogP contribution in [0.1, 0.15) is 34.9 Å². The Hall–Kier alpha value is -2.08. The minimum atomic E-state index is -0.124. The molecule has 23 heavy (non-hydrogen) atoms. The predicted molar refractivity (Wildman–Crippen MR) is 91.7 cm³/mol. The minimum Gasteiger partial charge on any atom is -0.490 e. The van der Waals surface area contributed by atoms with Crippen LogP contribution in [0.5, 0.6) is 11.5 Å². The van der Waals surface area contributed by atoms with Crippen LogP contribution in [0, 0.1) is 6.92 Å². The van der Waals surface area contributed by atoms with Gasteiger partial charge in [-0.1, -0.05) is 0 Å². The molecule has 1 amide bonds. The van der Waals surface area contributed by atoms with Crippen LogP contribution in [0.25, 0.3) is 0 Å². The second-order valence-electron chi connectivity index (χ2n) is 4.89. The molecule has 0 spiro atoms. The summed E-state index contributed by atoms with van der Waals surface area (Å²) in [5, 5.41) is 5.97. The maximum absolute atomic E-state index is 12.2. The number of nitrogens with zero attached hydrogens (tertiary/aromatic N) is 1. The molecule has 0 bridgehead atoms. The number of hydrogen-bond acceptors (Lipinski definition) is 5. The number of thiazole rings is 1. The maximum atomic E-state index is 12.2. The van der Waals surface area contributed by atoms with Crippen molar-refractivity contribution < 1.29 is 14.3 Å². The van der Waals surface area contributed by atoms with E-state index >= 15 is 0 Å². The molecule has 0 fully saturated rings. The molecule has 0 aliphatic heterocycles. The Morgan fingerprint density at radius 3 is 2.61 bits per heavy atom. The smallest absolute Gasteiger partial charge is 0.251 e. The van der Waals surface area contributed by atoms with Crippen molar-refractivity contribution in [2.75, 3.05) is 19.8 Å². The summed E-state index contributed by atoms with van der Waals surface area (Å²) >= 11 is 1.62. The van der Waals surface area contributed by atoms with Crippen molar-refractivity contribution in [3.05, 3.63) is 39.8 Å².